The SMILES string of the molecule is CCCN(CCCS(C)(=O)=O)C1(CN)CCCCC1. The van der Waals surface area contributed by atoms with E-state index in [0.29, 0.717) is 6.54 Å². The molecule has 0 aliphatic heterocycles. The molecular formula is C14H30N2O2S. The molecule has 1 aliphatic rings. The van der Waals surface area contributed by atoms with E-state index in [4.69, 9.17) is 5.73 Å². The third-order valence-electron chi connectivity index (χ3n) is 4.27. The summed E-state index contributed by atoms with van der Waals surface area (Å²) in [6, 6.07) is 0. The molecule has 0 heterocycles. The van der Waals surface area contributed by atoms with Crippen LogP contribution in [0.25, 0.3) is 0 Å². The van der Waals surface area contributed by atoms with E-state index in [2.05, 4.69) is 11.8 Å². The van der Waals surface area contributed by atoms with Gasteiger partial charge in [0.05, 0.1) is 5.75 Å². The standard InChI is InChI=1S/C14H30N2O2S/c1-3-10-16(11-7-12-19(2,17)18)14(13-15)8-5-4-6-9-14/h3-13,15H2,1-2H3. The summed E-state index contributed by atoms with van der Waals surface area (Å²) in [5, 5.41) is 0. The Kier molecular flexibility index (Phi) is 6.77. The Morgan fingerprint density at radius 2 is 1.79 bits per heavy atom. The van der Waals surface area contributed by atoms with E-state index in [0.717, 1.165) is 25.9 Å². The van der Waals surface area contributed by atoms with E-state index in [1.807, 2.05) is 0 Å². The first-order chi connectivity index (χ1) is 8.93. The van der Waals surface area contributed by atoms with Gasteiger partial charge in [0, 0.05) is 18.3 Å². The Bertz CT molecular complexity index is 348. The Hall–Kier alpha value is -0.130. The molecule has 0 radical (unpaired) electrons. The van der Waals surface area contributed by atoms with Crippen molar-refractivity contribution in [2.75, 3.05) is 31.6 Å². The molecule has 19 heavy (non-hydrogen) atoms. The van der Waals surface area contributed by atoms with Gasteiger partial charge in [0.15, 0.2) is 0 Å². The minimum Gasteiger partial charge on any atom is -0.329 e. The fraction of sp³-hybridized carbons (Fsp3) is 1.00. The highest BCUT2D eigenvalue weighted by atomic mass is 32.2. The highest BCUT2D eigenvalue weighted by Gasteiger charge is 2.35. The van der Waals surface area contributed by atoms with Crippen molar-refractivity contribution in [3.8, 4) is 0 Å². The third-order valence-corrected chi connectivity index (χ3v) is 5.30. The maximum Gasteiger partial charge on any atom is 0.147 e. The van der Waals surface area contributed by atoms with Crippen LogP contribution in [0.5, 0.6) is 0 Å². The zero-order valence-corrected chi connectivity index (χ0v) is 13.3. The van der Waals surface area contributed by atoms with Crippen LogP contribution in [-0.2, 0) is 9.84 Å². The Morgan fingerprint density at radius 3 is 2.26 bits per heavy atom. The van der Waals surface area contributed by atoms with Gasteiger partial charge in [-0.1, -0.05) is 26.2 Å². The summed E-state index contributed by atoms with van der Waals surface area (Å²) >= 11 is 0. The van der Waals surface area contributed by atoms with Gasteiger partial charge >= 0.3 is 0 Å². The minimum absolute atomic E-state index is 0.131. The van der Waals surface area contributed by atoms with E-state index in [9.17, 15) is 8.42 Å². The molecule has 1 saturated carbocycles. The lowest BCUT2D eigenvalue weighted by molar-refractivity contribution is 0.0570. The first-order valence-corrected chi connectivity index (χ1v) is 9.62. The second kappa shape index (κ2) is 7.60. The second-order valence-electron chi connectivity index (χ2n) is 5.96. The van der Waals surface area contributed by atoms with Gasteiger partial charge in [0.25, 0.3) is 0 Å². The van der Waals surface area contributed by atoms with Gasteiger partial charge in [-0.25, -0.2) is 8.42 Å². The van der Waals surface area contributed by atoms with Gasteiger partial charge in [-0.05, 0) is 38.8 Å². The predicted octanol–water partition coefficient (Wildman–Crippen LogP) is 1.79. The highest BCUT2D eigenvalue weighted by Crippen LogP contribution is 2.33. The molecule has 1 fully saturated rings. The molecule has 0 atom stereocenters. The molecule has 114 valence electrons. The average Bonchev–Trinajstić information content (AvgIpc) is 2.37. The number of nitrogens with two attached hydrogens (primary N) is 1. The van der Waals surface area contributed by atoms with Crippen molar-refractivity contribution >= 4 is 9.84 Å². The lowest BCUT2D eigenvalue weighted by Gasteiger charge is -2.46. The van der Waals surface area contributed by atoms with Gasteiger partial charge in [-0.3, -0.25) is 4.90 Å². The van der Waals surface area contributed by atoms with Crippen LogP contribution in [0.15, 0.2) is 0 Å². The molecule has 1 rings (SSSR count). The molecule has 0 amide bonds. The smallest absolute Gasteiger partial charge is 0.147 e. The van der Waals surface area contributed by atoms with Crippen LogP contribution in [0.3, 0.4) is 0 Å². The zero-order chi connectivity index (χ0) is 14.4. The summed E-state index contributed by atoms with van der Waals surface area (Å²) in [4.78, 5) is 2.47. The average molecular weight is 290 g/mol. The van der Waals surface area contributed by atoms with Crippen molar-refractivity contribution in [3.05, 3.63) is 0 Å². The quantitative estimate of drug-likeness (QED) is 0.740. The molecule has 0 bridgehead atoms. The topological polar surface area (TPSA) is 63.4 Å². The van der Waals surface area contributed by atoms with Crippen molar-refractivity contribution < 1.29 is 8.42 Å². The monoisotopic (exact) mass is 290 g/mol. The molecule has 0 aromatic heterocycles. The summed E-state index contributed by atoms with van der Waals surface area (Å²) in [7, 11) is -2.85. The summed E-state index contributed by atoms with van der Waals surface area (Å²) in [5.74, 6) is 0.286. The molecule has 0 aromatic carbocycles. The number of rotatable bonds is 8. The molecule has 0 spiro atoms. The van der Waals surface area contributed by atoms with Crippen LogP contribution in [0.4, 0.5) is 0 Å². The van der Waals surface area contributed by atoms with Crippen LogP contribution in [-0.4, -0.2) is 50.5 Å². The summed E-state index contributed by atoms with van der Waals surface area (Å²) in [6.07, 6.45) is 9.29. The summed E-state index contributed by atoms with van der Waals surface area (Å²) in [5.41, 5.74) is 6.20. The largest absolute Gasteiger partial charge is 0.329 e. The van der Waals surface area contributed by atoms with Crippen LogP contribution >= 0.6 is 0 Å². The van der Waals surface area contributed by atoms with E-state index < -0.39 is 9.84 Å². The van der Waals surface area contributed by atoms with E-state index in [1.54, 1.807) is 0 Å². The normalized spacial score (nSPS) is 19.8. The maximum absolute atomic E-state index is 11.3. The number of sulfone groups is 1. The molecule has 2 N–H and O–H groups in total. The van der Waals surface area contributed by atoms with E-state index in [1.165, 1.54) is 38.4 Å². The first-order valence-electron chi connectivity index (χ1n) is 7.56. The third kappa shape index (κ3) is 5.40. The van der Waals surface area contributed by atoms with Crippen molar-refractivity contribution in [1.29, 1.82) is 0 Å². The molecule has 0 saturated heterocycles. The van der Waals surface area contributed by atoms with Crippen molar-refractivity contribution in [3.63, 3.8) is 0 Å². The molecule has 1 aliphatic carbocycles. The minimum atomic E-state index is -2.85. The van der Waals surface area contributed by atoms with E-state index in [-0.39, 0.29) is 11.3 Å². The Balaban J connectivity index is 2.63. The Labute approximate surface area is 118 Å². The molecule has 0 aromatic rings. The molecule has 4 nitrogen and oxygen atoms in total. The molecule has 5 heteroatoms. The van der Waals surface area contributed by atoms with Gasteiger partial charge < -0.3 is 5.73 Å². The van der Waals surface area contributed by atoms with Crippen LogP contribution in [0, 0.1) is 0 Å². The van der Waals surface area contributed by atoms with Crippen molar-refractivity contribution in [1.82, 2.24) is 4.90 Å². The number of nitrogens with zero attached hydrogens (tertiary/aromatic N) is 1. The van der Waals surface area contributed by atoms with Crippen LogP contribution < -0.4 is 5.73 Å². The van der Waals surface area contributed by atoms with Crippen molar-refractivity contribution in [2.45, 2.75) is 57.4 Å². The molecular weight excluding hydrogens is 260 g/mol. The van der Waals surface area contributed by atoms with Crippen LogP contribution in [0.2, 0.25) is 0 Å². The Morgan fingerprint density at radius 1 is 1.16 bits per heavy atom. The summed E-state index contributed by atoms with van der Waals surface area (Å²) in [6.45, 7) is 4.77. The summed E-state index contributed by atoms with van der Waals surface area (Å²) < 4.78 is 22.5. The lowest BCUT2D eigenvalue weighted by atomic mass is 9.80. The first kappa shape index (κ1) is 16.9. The zero-order valence-electron chi connectivity index (χ0n) is 12.5. The number of hydrogen-bond acceptors (Lipinski definition) is 4. The maximum atomic E-state index is 11.3. The van der Waals surface area contributed by atoms with Gasteiger partial charge in [-0.2, -0.15) is 0 Å². The molecule has 0 unspecified atom stereocenters. The fourth-order valence-corrected chi connectivity index (χ4v) is 3.89. The van der Waals surface area contributed by atoms with Gasteiger partial charge in [0.2, 0.25) is 0 Å². The van der Waals surface area contributed by atoms with Crippen LogP contribution in [0.1, 0.15) is 51.9 Å². The predicted molar refractivity (Wildman–Crippen MR) is 81.1 cm³/mol. The van der Waals surface area contributed by atoms with Gasteiger partial charge in [0.1, 0.15) is 9.84 Å². The lowest BCUT2D eigenvalue weighted by Crippen LogP contribution is -2.55. The fourth-order valence-electron chi connectivity index (χ4n) is 3.23. The number of hydrogen-bond donors (Lipinski definition) is 1. The highest BCUT2D eigenvalue weighted by molar-refractivity contribution is 7.90. The second-order valence-corrected chi connectivity index (χ2v) is 8.22. The van der Waals surface area contributed by atoms with Gasteiger partial charge in [-0.15, -0.1) is 0 Å². The van der Waals surface area contributed by atoms with Crippen molar-refractivity contribution in [2.24, 2.45) is 5.73 Å². The van der Waals surface area contributed by atoms with E-state index >= 15 is 0 Å².